The Morgan fingerprint density at radius 1 is 0.697 bits per heavy atom. The second kappa shape index (κ2) is 10.2. The molecule has 1 N–H and O–H groups in total. The molecule has 0 bridgehead atoms. The minimum Gasteiger partial charge on any atom is -0.346 e. The molecule has 158 valence electrons. The summed E-state index contributed by atoms with van der Waals surface area (Å²) < 4.78 is 0. The zero-order valence-electron chi connectivity index (χ0n) is 18.5. The summed E-state index contributed by atoms with van der Waals surface area (Å²) in [5.74, 6) is 5.36. The Balaban J connectivity index is 1.74. The van der Waals surface area contributed by atoms with E-state index in [1.807, 2.05) is 66.7 Å². The number of terminal acetylenes is 2. The number of benzene rings is 4. The number of hydrogen-bond acceptors (Lipinski definition) is 1. The van der Waals surface area contributed by atoms with Crippen LogP contribution in [0.15, 0.2) is 102 Å². The lowest BCUT2D eigenvalue weighted by molar-refractivity contribution is 0.824. The minimum atomic E-state index is 0.0409. The van der Waals surface area contributed by atoms with Crippen LogP contribution < -0.4 is 5.32 Å². The molecule has 2 nitrogen and oxygen atoms in total. The van der Waals surface area contributed by atoms with Gasteiger partial charge in [0.1, 0.15) is 0 Å². The first kappa shape index (κ1) is 21.7. The van der Waals surface area contributed by atoms with Crippen molar-refractivity contribution in [2.45, 2.75) is 13.0 Å². The molecule has 0 aliphatic carbocycles. The van der Waals surface area contributed by atoms with Gasteiger partial charge in [-0.2, -0.15) is 0 Å². The summed E-state index contributed by atoms with van der Waals surface area (Å²) in [7, 11) is 0. The van der Waals surface area contributed by atoms with E-state index in [9.17, 15) is 0 Å². The van der Waals surface area contributed by atoms with Crippen LogP contribution in [-0.2, 0) is 0 Å². The first-order valence-electron chi connectivity index (χ1n) is 10.8. The second-order valence-corrected chi connectivity index (χ2v) is 7.68. The molecule has 4 aromatic carbocycles. The fourth-order valence-corrected chi connectivity index (χ4v) is 3.71. The molecule has 4 aromatic rings. The maximum atomic E-state index is 5.54. The molecule has 0 heterocycles. The van der Waals surface area contributed by atoms with Crippen molar-refractivity contribution in [3.05, 3.63) is 114 Å². The fraction of sp³-hybridized carbons (Fsp3) is 0.0645. The largest absolute Gasteiger partial charge is 0.346 e. The van der Waals surface area contributed by atoms with Crippen LogP contribution in [0, 0.1) is 24.7 Å². The van der Waals surface area contributed by atoms with Gasteiger partial charge in [0.15, 0.2) is 0 Å². The van der Waals surface area contributed by atoms with E-state index < -0.39 is 0 Å². The highest BCUT2D eigenvalue weighted by Gasteiger charge is 2.12. The summed E-state index contributed by atoms with van der Waals surface area (Å²) in [4.78, 5) is 4.72. The first-order valence-corrected chi connectivity index (χ1v) is 10.8. The third-order valence-corrected chi connectivity index (χ3v) is 5.58. The Hall–Kier alpha value is -4.53. The van der Waals surface area contributed by atoms with Crippen molar-refractivity contribution < 1.29 is 0 Å². The monoisotopic (exact) mass is 424 g/mol. The summed E-state index contributed by atoms with van der Waals surface area (Å²) in [6.07, 6.45) is 12.9. The molecular formula is C31H24N2. The van der Waals surface area contributed by atoms with E-state index in [1.54, 1.807) is 6.34 Å². The van der Waals surface area contributed by atoms with Gasteiger partial charge in [0.25, 0.3) is 0 Å². The molecule has 1 atom stereocenters. The molecule has 4 rings (SSSR count). The summed E-state index contributed by atoms with van der Waals surface area (Å²) in [6, 6.07) is 32.6. The van der Waals surface area contributed by atoms with E-state index in [4.69, 9.17) is 17.8 Å². The lowest BCUT2D eigenvalue weighted by Crippen LogP contribution is -2.02. The molecule has 0 aliphatic rings. The van der Waals surface area contributed by atoms with Crippen LogP contribution in [0.5, 0.6) is 0 Å². The third kappa shape index (κ3) is 5.04. The molecule has 0 spiro atoms. The standard InChI is InChI=1S/C31H24N2/c1-4-24-14-18-27(19-15-24)29-12-9-13-30(28-20-16-25(5-2)17-21-28)31(29)33-22-32-23(3)26-10-7-6-8-11-26/h1-2,6-23H,3H3,(H,32,33)/t23-/m1/s1. The maximum Gasteiger partial charge on any atom is 0.0875 e. The van der Waals surface area contributed by atoms with Crippen LogP contribution >= 0.6 is 0 Å². The smallest absolute Gasteiger partial charge is 0.0875 e. The predicted molar refractivity (Wildman–Crippen MR) is 140 cm³/mol. The molecular weight excluding hydrogens is 400 g/mol. The van der Waals surface area contributed by atoms with Gasteiger partial charge in [-0.3, -0.25) is 4.99 Å². The zero-order chi connectivity index (χ0) is 23.0. The number of rotatable bonds is 6. The Morgan fingerprint density at radius 2 is 1.21 bits per heavy atom. The van der Waals surface area contributed by atoms with E-state index in [0.29, 0.717) is 0 Å². The SMILES string of the molecule is C#Cc1ccc(-c2cccc(-c3ccc(C#C)cc3)c2NC=N[C@H](C)c2ccccc2)cc1. The second-order valence-electron chi connectivity index (χ2n) is 7.68. The maximum absolute atomic E-state index is 5.54. The van der Waals surface area contributed by atoms with Crippen molar-refractivity contribution in [3.8, 4) is 46.9 Å². The van der Waals surface area contributed by atoms with Gasteiger partial charge in [-0.05, 0) is 47.9 Å². The lowest BCUT2D eigenvalue weighted by atomic mass is 9.95. The van der Waals surface area contributed by atoms with Gasteiger partial charge in [-0.15, -0.1) is 12.8 Å². The average molecular weight is 425 g/mol. The van der Waals surface area contributed by atoms with Gasteiger partial charge in [0.05, 0.1) is 18.1 Å². The van der Waals surface area contributed by atoms with E-state index >= 15 is 0 Å². The number of nitrogens with one attached hydrogen (secondary N) is 1. The van der Waals surface area contributed by atoms with Crippen molar-refractivity contribution >= 4 is 12.0 Å². The predicted octanol–water partition coefficient (Wildman–Crippen LogP) is 7.18. The molecule has 2 heteroatoms. The molecule has 0 saturated carbocycles. The zero-order valence-corrected chi connectivity index (χ0v) is 18.5. The van der Waals surface area contributed by atoms with Crippen LogP contribution in [0.4, 0.5) is 5.69 Å². The van der Waals surface area contributed by atoms with Crippen molar-refractivity contribution in [3.63, 3.8) is 0 Å². The normalized spacial score (nSPS) is 11.5. The fourth-order valence-electron chi connectivity index (χ4n) is 3.71. The van der Waals surface area contributed by atoms with Crippen LogP contribution in [0.25, 0.3) is 22.3 Å². The van der Waals surface area contributed by atoms with Crippen molar-refractivity contribution in [2.24, 2.45) is 4.99 Å². The highest BCUT2D eigenvalue weighted by Crippen LogP contribution is 2.37. The van der Waals surface area contributed by atoms with Crippen LogP contribution in [0.2, 0.25) is 0 Å². The minimum absolute atomic E-state index is 0.0409. The molecule has 0 amide bonds. The molecule has 0 aromatic heterocycles. The molecule has 0 radical (unpaired) electrons. The van der Waals surface area contributed by atoms with Gasteiger partial charge in [0.2, 0.25) is 0 Å². The number of nitrogens with zero attached hydrogens (tertiary/aromatic N) is 1. The molecule has 0 fully saturated rings. The van der Waals surface area contributed by atoms with Gasteiger partial charge in [-0.25, -0.2) is 0 Å². The molecule has 0 unspecified atom stereocenters. The highest BCUT2D eigenvalue weighted by atomic mass is 15.0. The van der Waals surface area contributed by atoms with Crippen molar-refractivity contribution in [2.75, 3.05) is 5.32 Å². The lowest BCUT2D eigenvalue weighted by Gasteiger charge is -2.16. The summed E-state index contributed by atoms with van der Waals surface area (Å²) >= 11 is 0. The number of hydrogen-bond donors (Lipinski definition) is 1. The Morgan fingerprint density at radius 3 is 1.70 bits per heavy atom. The van der Waals surface area contributed by atoms with Crippen molar-refractivity contribution in [1.29, 1.82) is 0 Å². The molecule has 0 saturated heterocycles. The van der Waals surface area contributed by atoms with Crippen LogP contribution in [-0.4, -0.2) is 6.34 Å². The highest BCUT2D eigenvalue weighted by molar-refractivity contribution is 5.96. The molecule has 33 heavy (non-hydrogen) atoms. The van der Waals surface area contributed by atoms with Gasteiger partial charge in [-0.1, -0.05) is 84.6 Å². The average Bonchev–Trinajstić information content (AvgIpc) is 2.89. The van der Waals surface area contributed by atoms with Crippen LogP contribution in [0.1, 0.15) is 29.7 Å². The first-order chi connectivity index (χ1) is 16.2. The van der Waals surface area contributed by atoms with E-state index in [1.165, 1.54) is 5.56 Å². The Labute approximate surface area is 196 Å². The van der Waals surface area contributed by atoms with Gasteiger partial charge in [0, 0.05) is 22.3 Å². The van der Waals surface area contributed by atoms with Crippen molar-refractivity contribution in [1.82, 2.24) is 0 Å². The van der Waals surface area contributed by atoms with Gasteiger partial charge >= 0.3 is 0 Å². The number of anilines is 1. The summed E-state index contributed by atoms with van der Waals surface area (Å²) in [5.41, 5.74) is 8.13. The molecule has 0 aliphatic heterocycles. The Bertz CT molecular complexity index is 1260. The summed E-state index contributed by atoms with van der Waals surface area (Å²) in [5, 5.41) is 3.46. The van der Waals surface area contributed by atoms with E-state index in [2.05, 4.69) is 54.4 Å². The quantitative estimate of drug-likeness (QED) is 0.198. The van der Waals surface area contributed by atoms with E-state index in [-0.39, 0.29) is 6.04 Å². The number of aliphatic imine (C=N–C) groups is 1. The summed E-state index contributed by atoms with van der Waals surface area (Å²) in [6.45, 7) is 2.08. The number of para-hydroxylation sites is 1. The van der Waals surface area contributed by atoms with E-state index in [0.717, 1.165) is 39.1 Å². The topological polar surface area (TPSA) is 24.4 Å². The van der Waals surface area contributed by atoms with Crippen LogP contribution in [0.3, 0.4) is 0 Å². The third-order valence-electron chi connectivity index (χ3n) is 5.58. The Kier molecular flexibility index (Phi) is 6.70. The van der Waals surface area contributed by atoms with Gasteiger partial charge < -0.3 is 5.32 Å².